The zero-order chi connectivity index (χ0) is 16.0. The smallest absolute Gasteiger partial charge is 0.325 e. The first-order valence-corrected chi connectivity index (χ1v) is 7.23. The Kier molecular flexibility index (Phi) is 6.39. The minimum absolute atomic E-state index is 0.00799. The summed E-state index contributed by atoms with van der Waals surface area (Å²) in [5.41, 5.74) is 1.77. The SMILES string of the molecule is CCOC(=O)CN(C(=O)CCc1c(C)noc1C)C(C)C. The van der Waals surface area contributed by atoms with Gasteiger partial charge in [0.25, 0.3) is 0 Å². The van der Waals surface area contributed by atoms with Crippen molar-refractivity contribution in [1.82, 2.24) is 10.1 Å². The summed E-state index contributed by atoms with van der Waals surface area (Å²) in [7, 11) is 0. The number of carbonyl (C=O) groups excluding carboxylic acids is 2. The summed E-state index contributed by atoms with van der Waals surface area (Å²) in [5.74, 6) is 0.289. The highest BCUT2D eigenvalue weighted by Gasteiger charge is 2.21. The molecule has 0 atom stereocenters. The van der Waals surface area contributed by atoms with Crippen LogP contribution in [0, 0.1) is 13.8 Å². The zero-order valence-corrected chi connectivity index (χ0v) is 13.4. The van der Waals surface area contributed by atoms with Crippen molar-refractivity contribution >= 4 is 11.9 Å². The number of hydrogen-bond donors (Lipinski definition) is 0. The Morgan fingerprint density at radius 2 is 2.00 bits per heavy atom. The summed E-state index contributed by atoms with van der Waals surface area (Å²) in [6, 6.07) is -0.0495. The lowest BCUT2D eigenvalue weighted by atomic mass is 10.1. The Balaban J connectivity index is 2.63. The predicted octanol–water partition coefficient (Wildman–Crippen LogP) is 2.02. The number of nitrogens with zero attached hydrogens (tertiary/aromatic N) is 2. The van der Waals surface area contributed by atoms with E-state index in [1.54, 1.807) is 6.92 Å². The minimum Gasteiger partial charge on any atom is -0.465 e. The molecule has 0 radical (unpaired) electrons. The van der Waals surface area contributed by atoms with Crippen molar-refractivity contribution in [2.24, 2.45) is 0 Å². The molecule has 1 aromatic heterocycles. The standard InChI is InChI=1S/C15H24N2O4/c1-6-20-15(19)9-17(10(2)3)14(18)8-7-13-11(4)16-21-12(13)5/h10H,6-9H2,1-5H3. The average molecular weight is 296 g/mol. The quantitative estimate of drug-likeness (QED) is 0.720. The second kappa shape index (κ2) is 7.81. The van der Waals surface area contributed by atoms with Crippen LogP contribution in [0.5, 0.6) is 0 Å². The largest absolute Gasteiger partial charge is 0.465 e. The van der Waals surface area contributed by atoms with E-state index in [2.05, 4.69) is 5.16 Å². The summed E-state index contributed by atoms with van der Waals surface area (Å²) in [4.78, 5) is 25.4. The van der Waals surface area contributed by atoms with Crippen molar-refractivity contribution in [3.63, 3.8) is 0 Å². The van der Waals surface area contributed by atoms with Crippen LogP contribution in [0.25, 0.3) is 0 Å². The lowest BCUT2D eigenvalue weighted by Crippen LogP contribution is -2.41. The van der Waals surface area contributed by atoms with Crippen LogP contribution in [0.4, 0.5) is 0 Å². The van der Waals surface area contributed by atoms with Gasteiger partial charge in [0.1, 0.15) is 12.3 Å². The second-order valence-corrected chi connectivity index (χ2v) is 5.22. The fourth-order valence-corrected chi connectivity index (χ4v) is 2.14. The molecule has 0 spiro atoms. The first kappa shape index (κ1) is 17.2. The van der Waals surface area contributed by atoms with E-state index in [0.29, 0.717) is 19.4 Å². The molecule has 0 saturated carbocycles. The highest BCUT2D eigenvalue weighted by Crippen LogP contribution is 2.15. The van der Waals surface area contributed by atoms with Crippen molar-refractivity contribution in [2.45, 2.75) is 53.5 Å². The molecule has 1 heterocycles. The number of hydrogen-bond acceptors (Lipinski definition) is 5. The molecule has 6 heteroatoms. The van der Waals surface area contributed by atoms with Gasteiger partial charge in [-0.1, -0.05) is 5.16 Å². The average Bonchev–Trinajstić information content (AvgIpc) is 2.73. The van der Waals surface area contributed by atoms with Gasteiger partial charge in [-0.05, 0) is 41.0 Å². The number of carbonyl (C=O) groups is 2. The fourth-order valence-electron chi connectivity index (χ4n) is 2.14. The molecule has 0 aliphatic carbocycles. The van der Waals surface area contributed by atoms with Gasteiger partial charge < -0.3 is 14.2 Å². The molecule has 0 saturated heterocycles. The first-order chi connectivity index (χ1) is 9.86. The van der Waals surface area contributed by atoms with Gasteiger partial charge in [0.05, 0.1) is 12.3 Å². The third-order valence-electron chi connectivity index (χ3n) is 3.32. The van der Waals surface area contributed by atoms with Crippen LogP contribution < -0.4 is 0 Å². The maximum atomic E-state index is 12.3. The van der Waals surface area contributed by atoms with Crippen LogP contribution in [-0.4, -0.2) is 41.1 Å². The van der Waals surface area contributed by atoms with E-state index in [1.807, 2.05) is 27.7 Å². The lowest BCUT2D eigenvalue weighted by Gasteiger charge is -2.25. The van der Waals surface area contributed by atoms with Crippen LogP contribution >= 0.6 is 0 Å². The van der Waals surface area contributed by atoms with Crippen molar-refractivity contribution in [3.8, 4) is 0 Å². The van der Waals surface area contributed by atoms with E-state index in [1.165, 1.54) is 4.90 Å². The third kappa shape index (κ3) is 4.88. The molecule has 6 nitrogen and oxygen atoms in total. The minimum atomic E-state index is -0.378. The van der Waals surface area contributed by atoms with E-state index < -0.39 is 0 Å². The Morgan fingerprint density at radius 1 is 1.33 bits per heavy atom. The normalized spacial score (nSPS) is 10.8. The molecule has 0 unspecified atom stereocenters. The van der Waals surface area contributed by atoms with Crippen LogP contribution in [0.1, 0.15) is 44.2 Å². The molecule has 21 heavy (non-hydrogen) atoms. The van der Waals surface area contributed by atoms with Gasteiger partial charge in [-0.25, -0.2) is 0 Å². The number of amides is 1. The fraction of sp³-hybridized carbons (Fsp3) is 0.667. The molecule has 1 rings (SSSR count). The van der Waals surface area contributed by atoms with E-state index in [9.17, 15) is 9.59 Å². The monoisotopic (exact) mass is 296 g/mol. The number of ether oxygens (including phenoxy) is 1. The highest BCUT2D eigenvalue weighted by atomic mass is 16.5. The van der Waals surface area contributed by atoms with Gasteiger partial charge in [0.2, 0.25) is 5.91 Å². The summed E-state index contributed by atoms with van der Waals surface area (Å²) < 4.78 is 9.99. The molecule has 0 bridgehead atoms. The van der Waals surface area contributed by atoms with Crippen molar-refractivity contribution < 1.29 is 18.8 Å². The van der Waals surface area contributed by atoms with Gasteiger partial charge in [0.15, 0.2) is 0 Å². The van der Waals surface area contributed by atoms with Crippen molar-refractivity contribution in [1.29, 1.82) is 0 Å². The molecular weight excluding hydrogens is 272 g/mol. The van der Waals surface area contributed by atoms with Crippen LogP contribution in [0.15, 0.2) is 4.52 Å². The molecule has 0 aliphatic rings. The molecule has 0 aliphatic heterocycles. The molecule has 118 valence electrons. The third-order valence-corrected chi connectivity index (χ3v) is 3.32. The van der Waals surface area contributed by atoms with Gasteiger partial charge in [-0.15, -0.1) is 0 Å². The molecule has 0 N–H and O–H groups in total. The van der Waals surface area contributed by atoms with Gasteiger partial charge in [-0.2, -0.15) is 0 Å². The van der Waals surface area contributed by atoms with Crippen LogP contribution in [-0.2, 0) is 20.7 Å². The maximum Gasteiger partial charge on any atom is 0.325 e. The van der Waals surface area contributed by atoms with Crippen LogP contribution in [0.3, 0.4) is 0 Å². The maximum absolute atomic E-state index is 12.3. The molecule has 0 aromatic carbocycles. The molecule has 1 amide bonds. The van der Waals surface area contributed by atoms with E-state index in [4.69, 9.17) is 9.26 Å². The number of aromatic nitrogens is 1. The Bertz CT molecular complexity index is 474. The Labute approximate surface area is 125 Å². The Morgan fingerprint density at radius 3 is 2.48 bits per heavy atom. The molecule has 0 fully saturated rings. The molecule has 1 aromatic rings. The first-order valence-electron chi connectivity index (χ1n) is 7.23. The summed E-state index contributed by atoms with van der Waals surface area (Å²) >= 11 is 0. The topological polar surface area (TPSA) is 72.6 Å². The predicted molar refractivity (Wildman–Crippen MR) is 77.8 cm³/mol. The zero-order valence-electron chi connectivity index (χ0n) is 13.4. The summed E-state index contributed by atoms with van der Waals surface area (Å²) in [6.07, 6.45) is 0.881. The number of rotatable bonds is 7. The summed E-state index contributed by atoms with van der Waals surface area (Å²) in [6.45, 7) is 9.51. The second-order valence-electron chi connectivity index (χ2n) is 5.22. The van der Waals surface area contributed by atoms with E-state index in [-0.39, 0.29) is 24.5 Å². The van der Waals surface area contributed by atoms with Gasteiger partial charge in [-0.3, -0.25) is 9.59 Å². The Hall–Kier alpha value is -1.85. The van der Waals surface area contributed by atoms with E-state index in [0.717, 1.165) is 17.0 Å². The number of aryl methyl sites for hydroxylation is 2. The van der Waals surface area contributed by atoms with Gasteiger partial charge >= 0.3 is 5.97 Å². The van der Waals surface area contributed by atoms with Crippen LogP contribution in [0.2, 0.25) is 0 Å². The highest BCUT2D eigenvalue weighted by molar-refractivity contribution is 5.82. The number of esters is 1. The molecular formula is C15H24N2O4. The van der Waals surface area contributed by atoms with Crippen molar-refractivity contribution in [2.75, 3.05) is 13.2 Å². The lowest BCUT2D eigenvalue weighted by molar-refractivity contribution is -0.150. The van der Waals surface area contributed by atoms with E-state index >= 15 is 0 Å². The van der Waals surface area contributed by atoms with Gasteiger partial charge in [0, 0.05) is 18.0 Å². The van der Waals surface area contributed by atoms with Crippen molar-refractivity contribution in [3.05, 3.63) is 17.0 Å². The summed E-state index contributed by atoms with van der Waals surface area (Å²) in [5, 5.41) is 3.87.